The Balaban J connectivity index is 1.60. The fourth-order valence-corrected chi connectivity index (χ4v) is 3.47. The van der Waals surface area contributed by atoms with Gasteiger partial charge in [0.15, 0.2) is 0 Å². The lowest BCUT2D eigenvalue weighted by molar-refractivity contribution is 0.488. The van der Waals surface area contributed by atoms with E-state index in [2.05, 4.69) is 15.2 Å². The quantitative estimate of drug-likeness (QED) is 0.421. The van der Waals surface area contributed by atoms with Crippen LogP contribution in [0, 0.1) is 0 Å². The van der Waals surface area contributed by atoms with Crippen molar-refractivity contribution < 1.29 is 4.42 Å². The second-order valence-corrected chi connectivity index (χ2v) is 7.18. The second-order valence-electron chi connectivity index (χ2n) is 6.74. The van der Waals surface area contributed by atoms with E-state index in [0.29, 0.717) is 28.0 Å². The maximum absolute atomic E-state index is 13.3. The number of pyridine rings is 2. The van der Waals surface area contributed by atoms with Gasteiger partial charge in [0, 0.05) is 27.7 Å². The molecule has 2 aromatic carbocycles. The summed E-state index contributed by atoms with van der Waals surface area (Å²) in [5, 5.41) is 9.71. The third-order valence-electron chi connectivity index (χ3n) is 4.78. The normalized spacial score (nSPS) is 11.1. The fraction of sp³-hybridized carbons (Fsp3) is 0.0435. The topological polar surface area (TPSA) is 73.8 Å². The number of nitrogens with zero attached hydrogens (tertiary/aromatic N) is 4. The zero-order valence-corrected chi connectivity index (χ0v) is 16.5. The fourth-order valence-electron chi connectivity index (χ4n) is 3.34. The van der Waals surface area contributed by atoms with Crippen molar-refractivity contribution in [1.29, 1.82) is 0 Å². The van der Waals surface area contributed by atoms with E-state index >= 15 is 0 Å². The highest BCUT2D eigenvalue weighted by Crippen LogP contribution is 2.22. The van der Waals surface area contributed by atoms with E-state index in [0.717, 1.165) is 16.5 Å². The molecule has 0 spiro atoms. The molecule has 0 bridgehead atoms. The molecule has 0 aliphatic carbocycles. The van der Waals surface area contributed by atoms with Gasteiger partial charge in [0.2, 0.25) is 11.8 Å². The molecule has 3 heterocycles. The van der Waals surface area contributed by atoms with Gasteiger partial charge in [-0.1, -0.05) is 41.9 Å². The molecule has 0 aliphatic heterocycles. The molecule has 5 rings (SSSR count). The average molecular weight is 415 g/mol. The molecule has 3 aromatic heterocycles. The summed E-state index contributed by atoms with van der Waals surface area (Å²) < 4.78 is 7.38. The number of fused-ring (bicyclic) bond motifs is 1. The van der Waals surface area contributed by atoms with Gasteiger partial charge in [-0.05, 0) is 48.0 Å². The highest BCUT2D eigenvalue weighted by atomic mass is 35.5. The van der Waals surface area contributed by atoms with Gasteiger partial charge in [0.1, 0.15) is 12.2 Å². The van der Waals surface area contributed by atoms with Gasteiger partial charge in [0.05, 0.1) is 0 Å². The van der Waals surface area contributed by atoms with Crippen molar-refractivity contribution in [1.82, 2.24) is 19.7 Å². The van der Waals surface area contributed by atoms with Crippen LogP contribution in [0.3, 0.4) is 0 Å². The SMILES string of the molecule is O=c1c(-c2ccccc2)cc2cccnc2n1Cc1nnc(-c2ccc(Cl)cc2)o1. The maximum atomic E-state index is 13.3. The van der Waals surface area contributed by atoms with Crippen LogP contribution in [0.25, 0.3) is 33.6 Å². The molecule has 0 aliphatic rings. The van der Waals surface area contributed by atoms with Crippen molar-refractivity contribution >= 4 is 22.6 Å². The molecule has 5 aromatic rings. The van der Waals surface area contributed by atoms with Gasteiger partial charge in [0.25, 0.3) is 5.56 Å². The van der Waals surface area contributed by atoms with Gasteiger partial charge >= 0.3 is 0 Å². The zero-order chi connectivity index (χ0) is 20.5. The highest BCUT2D eigenvalue weighted by Gasteiger charge is 2.15. The number of benzene rings is 2. The third-order valence-corrected chi connectivity index (χ3v) is 5.04. The van der Waals surface area contributed by atoms with Crippen LogP contribution < -0.4 is 5.56 Å². The molecule has 30 heavy (non-hydrogen) atoms. The first kappa shape index (κ1) is 18.3. The summed E-state index contributed by atoms with van der Waals surface area (Å²) in [5.74, 6) is 0.686. The molecule has 0 unspecified atom stereocenters. The van der Waals surface area contributed by atoms with E-state index in [1.807, 2.05) is 48.5 Å². The molecule has 0 atom stereocenters. The van der Waals surface area contributed by atoms with Gasteiger partial charge < -0.3 is 4.42 Å². The van der Waals surface area contributed by atoms with Crippen LogP contribution in [0.15, 0.2) is 88.2 Å². The van der Waals surface area contributed by atoms with Crippen molar-refractivity contribution in [2.45, 2.75) is 6.54 Å². The molecule has 0 saturated carbocycles. The minimum Gasteiger partial charge on any atom is -0.419 e. The predicted octanol–water partition coefficient (Wildman–Crippen LogP) is 4.82. The number of hydrogen-bond donors (Lipinski definition) is 0. The number of halogens is 1. The lowest BCUT2D eigenvalue weighted by atomic mass is 10.1. The van der Waals surface area contributed by atoms with Crippen LogP contribution in [0.2, 0.25) is 5.02 Å². The van der Waals surface area contributed by atoms with Gasteiger partial charge in [-0.15, -0.1) is 10.2 Å². The summed E-state index contributed by atoms with van der Waals surface area (Å²) in [4.78, 5) is 17.7. The molecule has 6 nitrogen and oxygen atoms in total. The van der Waals surface area contributed by atoms with E-state index < -0.39 is 0 Å². The Labute approximate surface area is 176 Å². The molecular weight excluding hydrogens is 400 g/mol. The van der Waals surface area contributed by atoms with E-state index in [4.69, 9.17) is 16.0 Å². The predicted molar refractivity (Wildman–Crippen MR) is 115 cm³/mol. The van der Waals surface area contributed by atoms with Crippen LogP contribution in [-0.2, 0) is 6.54 Å². The molecule has 0 saturated heterocycles. The Bertz CT molecular complexity index is 1390. The van der Waals surface area contributed by atoms with Crippen molar-refractivity contribution in [2.24, 2.45) is 0 Å². The summed E-state index contributed by atoms with van der Waals surface area (Å²) >= 11 is 5.94. The first-order valence-corrected chi connectivity index (χ1v) is 9.69. The largest absolute Gasteiger partial charge is 0.419 e. The lowest BCUT2D eigenvalue weighted by Gasteiger charge is -2.10. The molecule has 0 N–H and O–H groups in total. The smallest absolute Gasteiger partial charge is 0.260 e. The monoisotopic (exact) mass is 414 g/mol. The Morgan fingerprint density at radius 2 is 1.70 bits per heavy atom. The van der Waals surface area contributed by atoms with Gasteiger partial charge in [-0.25, -0.2) is 4.98 Å². The molecule has 146 valence electrons. The van der Waals surface area contributed by atoms with Crippen molar-refractivity contribution in [3.8, 4) is 22.6 Å². The Hall–Kier alpha value is -3.77. The first-order valence-electron chi connectivity index (χ1n) is 9.31. The maximum Gasteiger partial charge on any atom is 0.260 e. The standard InChI is InChI=1S/C23H15ClN4O2/c24-18-10-8-16(9-11-18)22-27-26-20(30-22)14-28-21-17(7-4-12-25-21)13-19(23(28)29)15-5-2-1-3-6-15/h1-13H,14H2. The van der Waals surface area contributed by atoms with Gasteiger partial charge in [-0.3, -0.25) is 9.36 Å². The summed E-state index contributed by atoms with van der Waals surface area (Å²) in [6.07, 6.45) is 1.66. The van der Waals surface area contributed by atoms with Crippen LogP contribution in [-0.4, -0.2) is 19.7 Å². The summed E-state index contributed by atoms with van der Waals surface area (Å²) in [6.45, 7) is 0.119. The van der Waals surface area contributed by atoms with E-state index in [1.165, 1.54) is 0 Å². The van der Waals surface area contributed by atoms with Crippen LogP contribution in [0.4, 0.5) is 0 Å². The molecule has 7 heteroatoms. The van der Waals surface area contributed by atoms with Crippen molar-refractivity contribution in [3.63, 3.8) is 0 Å². The lowest BCUT2D eigenvalue weighted by Crippen LogP contribution is -2.23. The average Bonchev–Trinajstić information content (AvgIpc) is 3.25. The number of hydrogen-bond acceptors (Lipinski definition) is 5. The van der Waals surface area contributed by atoms with Gasteiger partial charge in [-0.2, -0.15) is 0 Å². The molecule has 0 fully saturated rings. The van der Waals surface area contributed by atoms with Crippen LogP contribution >= 0.6 is 11.6 Å². The zero-order valence-electron chi connectivity index (χ0n) is 15.7. The van der Waals surface area contributed by atoms with Crippen molar-refractivity contribution in [2.75, 3.05) is 0 Å². The van der Waals surface area contributed by atoms with E-state index in [9.17, 15) is 4.79 Å². The third kappa shape index (κ3) is 3.38. The highest BCUT2D eigenvalue weighted by molar-refractivity contribution is 6.30. The summed E-state index contributed by atoms with van der Waals surface area (Å²) in [7, 11) is 0. The summed E-state index contributed by atoms with van der Waals surface area (Å²) in [5.41, 5.74) is 2.58. The first-order chi connectivity index (χ1) is 14.7. The number of rotatable bonds is 4. The van der Waals surface area contributed by atoms with Crippen molar-refractivity contribution in [3.05, 3.63) is 100 Å². The summed E-state index contributed by atoms with van der Waals surface area (Å²) in [6, 6.07) is 22.3. The number of aromatic nitrogens is 4. The van der Waals surface area contributed by atoms with E-state index in [-0.39, 0.29) is 12.1 Å². The second kappa shape index (κ2) is 7.57. The Kier molecular flexibility index (Phi) is 4.61. The van der Waals surface area contributed by atoms with E-state index in [1.54, 1.807) is 35.0 Å². The molecular formula is C23H15ClN4O2. The van der Waals surface area contributed by atoms with Crippen LogP contribution in [0.1, 0.15) is 5.89 Å². The molecule has 0 amide bonds. The van der Waals surface area contributed by atoms with Crippen LogP contribution in [0.5, 0.6) is 0 Å². The Morgan fingerprint density at radius 1 is 0.900 bits per heavy atom. The molecule has 0 radical (unpaired) electrons. The minimum atomic E-state index is -0.168. The minimum absolute atomic E-state index is 0.119. The Morgan fingerprint density at radius 3 is 2.50 bits per heavy atom.